The lowest BCUT2D eigenvalue weighted by Crippen LogP contribution is -2.29. The fourth-order valence-electron chi connectivity index (χ4n) is 2.86. The van der Waals surface area contributed by atoms with Crippen LogP contribution in [0, 0.1) is 0 Å². The Labute approximate surface area is 122 Å². The molecule has 0 spiro atoms. The van der Waals surface area contributed by atoms with Gasteiger partial charge in [-0.05, 0) is 43.4 Å². The summed E-state index contributed by atoms with van der Waals surface area (Å²) in [5, 5.41) is 0. The first-order chi connectivity index (χ1) is 9.72. The van der Waals surface area contributed by atoms with Crippen molar-refractivity contribution in [1.29, 1.82) is 0 Å². The molecule has 20 heavy (non-hydrogen) atoms. The minimum atomic E-state index is 0.157. The number of nitrogens with zero attached hydrogens (tertiary/aromatic N) is 1. The van der Waals surface area contributed by atoms with Gasteiger partial charge < -0.3 is 4.90 Å². The maximum atomic E-state index is 5.82. The summed E-state index contributed by atoms with van der Waals surface area (Å²) < 4.78 is 0. The minimum absolute atomic E-state index is 0.157. The Morgan fingerprint density at radius 1 is 1.05 bits per heavy atom. The van der Waals surface area contributed by atoms with Gasteiger partial charge in [-0.3, -0.25) is 5.84 Å². The molecule has 1 unspecified atom stereocenters. The van der Waals surface area contributed by atoms with Crippen molar-refractivity contribution in [2.75, 3.05) is 19.0 Å². The van der Waals surface area contributed by atoms with Gasteiger partial charge in [0.1, 0.15) is 0 Å². The summed E-state index contributed by atoms with van der Waals surface area (Å²) in [6, 6.07) is 8.83. The number of nitrogens with two attached hydrogens (primary N) is 1. The molecule has 0 fully saturated rings. The van der Waals surface area contributed by atoms with E-state index >= 15 is 0 Å². The molecule has 0 saturated carbocycles. The molecule has 110 valence electrons. The first-order valence-electron chi connectivity index (χ1n) is 7.64. The molecule has 1 aliphatic rings. The molecule has 0 bridgehead atoms. The molecule has 0 saturated heterocycles. The monoisotopic (exact) mass is 273 g/mol. The van der Waals surface area contributed by atoms with Crippen LogP contribution in [0.15, 0.2) is 35.9 Å². The van der Waals surface area contributed by atoms with Crippen molar-refractivity contribution in [3.8, 4) is 0 Å². The normalized spacial score (nSPS) is 20.4. The number of nitrogens with one attached hydrogen (secondary N) is 1. The smallest absolute Gasteiger partial charge is 0.0670 e. The highest BCUT2D eigenvalue weighted by Gasteiger charge is 2.15. The largest absolute Gasteiger partial charge is 0.378 e. The van der Waals surface area contributed by atoms with Gasteiger partial charge in [0.25, 0.3) is 0 Å². The fraction of sp³-hybridized carbons (Fsp3) is 0.529. The zero-order valence-corrected chi connectivity index (χ0v) is 12.7. The van der Waals surface area contributed by atoms with Gasteiger partial charge in [-0.25, -0.2) is 5.43 Å². The third-order valence-electron chi connectivity index (χ3n) is 4.11. The lowest BCUT2D eigenvalue weighted by atomic mass is 9.91. The van der Waals surface area contributed by atoms with Crippen molar-refractivity contribution >= 4 is 5.69 Å². The summed E-state index contributed by atoms with van der Waals surface area (Å²) in [5.41, 5.74) is 6.93. The molecule has 3 N–H and O–H groups in total. The molecule has 3 heteroatoms. The van der Waals surface area contributed by atoms with Gasteiger partial charge in [0.05, 0.1) is 6.04 Å². The lowest BCUT2D eigenvalue weighted by Gasteiger charge is -2.23. The van der Waals surface area contributed by atoms with Crippen molar-refractivity contribution in [2.24, 2.45) is 5.84 Å². The highest BCUT2D eigenvalue weighted by atomic mass is 15.2. The maximum Gasteiger partial charge on any atom is 0.0670 e. The molecule has 1 aliphatic carbocycles. The van der Waals surface area contributed by atoms with Crippen LogP contribution < -0.4 is 16.2 Å². The van der Waals surface area contributed by atoms with E-state index in [-0.39, 0.29) is 6.04 Å². The summed E-state index contributed by atoms with van der Waals surface area (Å²) in [7, 11) is 4.12. The summed E-state index contributed by atoms with van der Waals surface area (Å²) in [5.74, 6) is 5.82. The van der Waals surface area contributed by atoms with E-state index in [0.29, 0.717) is 0 Å². The number of hydrogen-bond acceptors (Lipinski definition) is 3. The second-order valence-corrected chi connectivity index (χ2v) is 5.82. The van der Waals surface area contributed by atoms with Gasteiger partial charge in [-0.2, -0.15) is 0 Å². The molecule has 1 aromatic rings. The number of hydrogen-bond donors (Lipinski definition) is 2. The second-order valence-electron chi connectivity index (χ2n) is 5.82. The Bertz CT molecular complexity index is 434. The van der Waals surface area contributed by atoms with Gasteiger partial charge in [0, 0.05) is 19.8 Å². The molecule has 1 aromatic carbocycles. The van der Waals surface area contributed by atoms with E-state index in [1.54, 1.807) is 0 Å². The zero-order chi connectivity index (χ0) is 14.4. The van der Waals surface area contributed by atoms with E-state index in [0.717, 1.165) is 6.42 Å². The van der Waals surface area contributed by atoms with Crippen molar-refractivity contribution in [2.45, 2.75) is 44.6 Å². The predicted molar refractivity (Wildman–Crippen MR) is 86.6 cm³/mol. The minimum Gasteiger partial charge on any atom is -0.378 e. The van der Waals surface area contributed by atoms with Gasteiger partial charge in [-0.15, -0.1) is 0 Å². The van der Waals surface area contributed by atoms with Gasteiger partial charge in [0.15, 0.2) is 0 Å². The fourth-order valence-corrected chi connectivity index (χ4v) is 2.86. The summed E-state index contributed by atoms with van der Waals surface area (Å²) in [6.45, 7) is 0. The average Bonchev–Trinajstić information content (AvgIpc) is 2.42. The first kappa shape index (κ1) is 15.1. The van der Waals surface area contributed by atoms with Crippen LogP contribution in [0.1, 0.15) is 50.1 Å². The van der Waals surface area contributed by atoms with Crippen LogP contribution >= 0.6 is 0 Å². The molecule has 0 radical (unpaired) electrons. The summed E-state index contributed by atoms with van der Waals surface area (Å²) in [6.07, 6.45) is 10.0. The van der Waals surface area contributed by atoms with Crippen molar-refractivity contribution in [3.63, 3.8) is 0 Å². The molecule has 0 aromatic heterocycles. The highest BCUT2D eigenvalue weighted by molar-refractivity contribution is 5.47. The van der Waals surface area contributed by atoms with E-state index in [2.05, 4.69) is 54.8 Å². The molecular formula is C17H27N3. The average molecular weight is 273 g/mol. The number of benzene rings is 1. The highest BCUT2D eigenvalue weighted by Crippen LogP contribution is 2.29. The number of hydrazine groups is 1. The van der Waals surface area contributed by atoms with Crippen molar-refractivity contribution in [1.82, 2.24) is 5.43 Å². The first-order valence-corrected chi connectivity index (χ1v) is 7.64. The Balaban J connectivity index is 2.17. The van der Waals surface area contributed by atoms with Crippen LogP contribution in [-0.4, -0.2) is 14.1 Å². The topological polar surface area (TPSA) is 41.3 Å². The third-order valence-corrected chi connectivity index (χ3v) is 4.11. The van der Waals surface area contributed by atoms with Crippen LogP contribution in [0.5, 0.6) is 0 Å². The predicted octanol–water partition coefficient (Wildman–Crippen LogP) is 3.54. The Kier molecular flexibility index (Phi) is 5.62. The van der Waals surface area contributed by atoms with Gasteiger partial charge in [0.2, 0.25) is 0 Å². The Hall–Kier alpha value is -1.32. The lowest BCUT2D eigenvalue weighted by molar-refractivity contribution is 0.555. The molecule has 0 amide bonds. The third kappa shape index (κ3) is 3.84. The maximum absolute atomic E-state index is 5.82. The van der Waals surface area contributed by atoms with Crippen LogP contribution in [0.25, 0.3) is 0 Å². The van der Waals surface area contributed by atoms with E-state index in [1.165, 1.54) is 48.9 Å². The van der Waals surface area contributed by atoms with Gasteiger partial charge in [-0.1, -0.05) is 36.6 Å². The van der Waals surface area contributed by atoms with E-state index < -0.39 is 0 Å². The molecule has 0 aliphatic heterocycles. The quantitative estimate of drug-likeness (QED) is 0.501. The van der Waals surface area contributed by atoms with Crippen molar-refractivity contribution in [3.05, 3.63) is 41.5 Å². The van der Waals surface area contributed by atoms with Crippen LogP contribution in [0.4, 0.5) is 5.69 Å². The number of anilines is 1. The molecule has 2 rings (SSSR count). The molecule has 1 atom stereocenters. The number of rotatable bonds is 4. The van der Waals surface area contributed by atoms with E-state index in [1.807, 2.05) is 0 Å². The van der Waals surface area contributed by atoms with E-state index in [4.69, 9.17) is 5.84 Å². The van der Waals surface area contributed by atoms with E-state index in [9.17, 15) is 0 Å². The second kappa shape index (κ2) is 7.46. The van der Waals surface area contributed by atoms with Crippen LogP contribution in [0.3, 0.4) is 0 Å². The van der Waals surface area contributed by atoms with Gasteiger partial charge >= 0.3 is 0 Å². The zero-order valence-electron chi connectivity index (χ0n) is 12.7. The number of allylic oxidation sites excluding steroid dienone is 1. The standard InChI is InChI=1S/C17H27N3/c1-20(2)16-12-10-15(11-13-16)17(19-18)14-8-6-4-3-5-7-9-14/h8,10-13,17,19H,3-7,9,18H2,1-2H3/b14-8+. The molecular weight excluding hydrogens is 246 g/mol. The Morgan fingerprint density at radius 3 is 2.40 bits per heavy atom. The Morgan fingerprint density at radius 2 is 1.75 bits per heavy atom. The summed E-state index contributed by atoms with van der Waals surface area (Å²) in [4.78, 5) is 2.11. The molecule has 0 heterocycles. The van der Waals surface area contributed by atoms with Crippen LogP contribution in [0.2, 0.25) is 0 Å². The van der Waals surface area contributed by atoms with Crippen molar-refractivity contribution < 1.29 is 0 Å². The summed E-state index contributed by atoms with van der Waals surface area (Å²) >= 11 is 0. The van der Waals surface area contributed by atoms with Crippen LogP contribution in [-0.2, 0) is 0 Å². The molecule has 3 nitrogen and oxygen atoms in total. The SMILES string of the molecule is CN(C)c1ccc(C(NN)/C2=C/CCCCCC2)cc1.